The van der Waals surface area contributed by atoms with Crippen LogP contribution in [0.3, 0.4) is 0 Å². The first-order valence-electron chi connectivity index (χ1n) is 8.10. The number of nitrogens with zero attached hydrogens (tertiary/aromatic N) is 6. The smallest absolute Gasteiger partial charge is 0.274 e. The summed E-state index contributed by atoms with van der Waals surface area (Å²) < 4.78 is 1.77. The lowest BCUT2D eigenvalue weighted by Crippen LogP contribution is -2.49. The Kier molecular flexibility index (Phi) is 4.19. The van der Waals surface area contributed by atoms with Gasteiger partial charge in [-0.1, -0.05) is 6.07 Å². The van der Waals surface area contributed by atoms with Crippen molar-refractivity contribution in [1.82, 2.24) is 24.6 Å². The highest BCUT2D eigenvalue weighted by molar-refractivity contribution is 7.13. The number of piperazine rings is 1. The van der Waals surface area contributed by atoms with Crippen molar-refractivity contribution < 1.29 is 4.79 Å². The summed E-state index contributed by atoms with van der Waals surface area (Å²) in [6, 6.07) is 5.92. The van der Waals surface area contributed by atoms with Gasteiger partial charge in [0, 0.05) is 45.6 Å². The van der Waals surface area contributed by atoms with Crippen molar-refractivity contribution in [2.45, 2.75) is 0 Å². The minimum atomic E-state index is -0.0165. The van der Waals surface area contributed by atoms with Crippen LogP contribution >= 0.6 is 11.3 Å². The van der Waals surface area contributed by atoms with Gasteiger partial charge < -0.3 is 9.80 Å². The Morgan fingerprint density at radius 3 is 2.72 bits per heavy atom. The number of amides is 1. The number of hydrogen-bond acceptors (Lipinski definition) is 6. The summed E-state index contributed by atoms with van der Waals surface area (Å²) in [7, 11) is 1.87. The quantitative estimate of drug-likeness (QED) is 0.719. The van der Waals surface area contributed by atoms with Crippen molar-refractivity contribution in [2.75, 3.05) is 31.1 Å². The maximum atomic E-state index is 12.8. The van der Waals surface area contributed by atoms with Crippen LogP contribution in [0.5, 0.6) is 0 Å². The van der Waals surface area contributed by atoms with E-state index in [-0.39, 0.29) is 5.91 Å². The largest absolute Gasteiger partial charge is 0.352 e. The fraction of sp³-hybridized carbons (Fsp3) is 0.294. The molecule has 0 aliphatic carbocycles. The average molecular weight is 354 g/mol. The SMILES string of the molecule is Cn1nc(C(=O)N2CCN(c3cnccn3)CC2)cc1-c1cccs1. The third-order valence-corrected chi connectivity index (χ3v) is 5.21. The zero-order valence-corrected chi connectivity index (χ0v) is 14.7. The summed E-state index contributed by atoms with van der Waals surface area (Å²) in [4.78, 5) is 26.3. The topological polar surface area (TPSA) is 67.2 Å². The summed E-state index contributed by atoms with van der Waals surface area (Å²) in [5, 5.41) is 6.44. The molecule has 0 aromatic carbocycles. The van der Waals surface area contributed by atoms with Crippen molar-refractivity contribution in [1.29, 1.82) is 0 Å². The first-order chi connectivity index (χ1) is 12.2. The molecule has 1 aliphatic heterocycles. The lowest BCUT2D eigenvalue weighted by molar-refractivity contribution is 0.0740. The number of carbonyl (C=O) groups excluding carboxylic acids is 1. The van der Waals surface area contributed by atoms with Gasteiger partial charge in [-0.15, -0.1) is 11.3 Å². The van der Waals surface area contributed by atoms with Gasteiger partial charge in [0.15, 0.2) is 5.69 Å². The van der Waals surface area contributed by atoms with E-state index >= 15 is 0 Å². The second kappa shape index (κ2) is 6.64. The predicted octanol–water partition coefficient (Wildman–Crippen LogP) is 1.90. The molecule has 25 heavy (non-hydrogen) atoms. The number of aromatic nitrogens is 4. The van der Waals surface area contributed by atoms with E-state index in [2.05, 4.69) is 20.0 Å². The van der Waals surface area contributed by atoms with E-state index in [9.17, 15) is 4.79 Å². The first kappa shape index (κ1) is 15.8. The molecule has 4 heterocycles. The van der Waals surface area contributed by atoms with Crippen LogP contribution in [0.1, 0.15) is 10.5 Å². The third kappa shape index (κ3) is 3.12. The van der Waals surface area contributed by atoms with Crippen LogP contribution in [0.15, 0.2) is 42.2 Å². The van der Waals surface area contributed by atoms with Crippen molar-refractivity contribution in [3.63, 3.8) is 0 Å². The number of carbonyl (C=O) groups is 1. The predicted molar refractivity (Wildman–Crippen MR) is 96.7 cm³/mol. The van der Waals surface area contributed by atoms with Crippen LogP contribution < -0.4 is 4.90 Å². The molecule has 8 heteroatoms. The summed E-state index contributed by atoms with van der Waals surface area (Å²) in [6.45, 7) is 2.80. The maximum Gasteiger partial charge on any atom is 0.274 e. The van der Waals surface area contributed by atoms with Crippen LogP contribution in [-0.4, -0.2) is 56.7 Å². The van der Waals surface area contributed by atoms with Crippen molar-refractivity contribution in [2.24, 2.45) is 7.05 Å². The van der Waals surface area contributed by atoms with E-state index in [1.165, 1.54) is 0 Å². The van der Waals surface area contributed by atoms with Gasteiger partial charge >= 0.3 is 0 Å². The normalized spacial score (nSPS) is 14.8. The molecule has 3 aromatic heterocycles. The number of rotatable bonds is 3. The van der Waals surface area contributed by atoms with E-state index < -0.39 is 0 Å². The Balaban J connectivity index is 1.45. The molecule has 1 fully saturated rings. The van der Waals surface area contributed by atoms with Gasteiger partial charge in [0.25, 0.3) is 5.91 Å². The number of aryl methyl sites for hydroxylation is 1. The van der Waals surface area contributed by atoms with Crippen LogP contribution in [-0.2, 0) is 7.05 Å². The molecular weight excluding hydrogens is 336 g/mol. The standard InChI is InChI=1S/C17H18N6OS/c1-21-14(15-3-2-10-25-15)11-13(20-21)17(24)23-8-6-22(7-9-23)16-12-18-4-5-19-16/h2-5,10-12H,6-9H2,1H3. The molecule has 3 aromatic rings. The van der Waals surface area contributed by atoms with Crippen LogP contribution in [0.4, 0.5) is 5.82 Å². The van der Waals surface area contributed by atoms with Gasteiger partial charge in [0.1, 0.15) is 5.82 Å². The highest BCUT2D eigenvalue weighted by atomic mass is 32.1. The molecule has 7 nitrogen and oxygen atoms in total. The molecule has 1 amide bonds. The van der Waals surface area contributed by atoms with E-state index in [1.807, 2.05) is 35.5 Å². The lowest BCUT2D eigenvalue weighted by atomic mass is 10.2. The first-order valence-corrected chi connectivity index (χ1v) is 8.98. The van der Waals surface area contributed by atoms with Gasteiger partial charge in [0.05, 0.1) is 16.8 Å². The third-order valence-electron chi connectivity index (χ3n) is 4.31. The Bertz CT molecular complexity index is 853. The molecule has 0 atom stereocenters. The van der Waals surface area contributed by atoms with E-state index in [0.29, 0.717) is 18.8 Å². The van der Waals surface area contributed by atoms with Crippen molar-refractivity contribution in [3.05, 3.63) is 47.9 Å². The fourth-order valence-electron chi connectivity index (χ4n) is 2.98. The monoisotopic (exact) mass is 354 g/mol. The molecule has 0 unspecified atom stereocenters. The Hall–Kier alpha value is -2.74. The summed E-state index contributed by atoms with van der Waals surface area (Å²) in [5.74, 6) is 0.838. The van der Waals surface area contributed by atoms with Gasteiger partial charge in [-0.25, -0.2) is 4.98 Å². The highest BCUT2D eigenvalue weighted by Gasteiger charge is 2.25. The molecule has 1 aliphatic rings. The number of thiophene rings is 1. The average Bonchev–Trinajstić information content (AvgIpc) is 3.31. The minimum absolute atomic E-state index is 0.0165. The molecule has 4 rings (SSSR count). The summed E-state index contributed by atoms with van der Waals surface area (Å²) >= 11 is 1.64. The Morgan fingerprint density at radius 2 is 2.04 bits per heavy atom. The van der Waals surface area contributed by atoms with E-state index in [4.69, 9.17) is 0 Å². The van der Waals surface area contributed by atoms with Gasteiger partial charge in [-0.3, -0.25) is 14.5 Å². The summed E-state index contributed by atoms with van der Waals surface area (Å²) in [5.41, 5.74) is 1.47. The molecule has 0 saturated carbocycles. The lowest BCUT2D eigenvalue weighted by Gasteiger charge is -2.34. The number of anilines is 1. The van der Waals surface area contributed by atoms with Crippen LogP contribution in [0, 0.1) is 0 Å². The van der Waals surface area contributed by atoms with Crippen molar-refractivity contribution in [3.8, 4) is 10.6 Å². The molecule has 0 radical (unpaired) electrons. The van der Waals surface area contributed by atoms with Crippen LogP contribution in [0.2, 0.25) is 0 Å². The van der Waals surface area contributed by atoms with Crippen LogP contribution in [0.25, 0.3) is 10.6 Å². The second-order valence-electron chi connectivity index (χ2n) is 5.86. The maximum absolute atomic E-state index is 12.8. The van der Waals surface area contributed by atoms with Gasteiger partial charge in [-0.2, -0.15) is 5.10 Å². The Labute approximate surface area is 149 Å². The minimum Gasteiger partial charge on any atom is -0.352 e. The molecular formula is C17H18N6OS. The zero-order valence-electron chi connectivity index (χ0n) is 13.9. The van der Waals surface area contributed by atoms with Gasteiger partial charge in [-0.05, 0) is 17.5 Å². The molecule has 0 bridgehead atoms. The summed E-state index contributed by atoms with van der Waals surface area (Å²) in [6.07, 6.45) is 5.10. The molecule has 128 valence electrons. The zero-order chi connectivity index (χ0) is 17.2. The molecule has 0 N–H and O–H groups in total. The fourth-order valence-corrected chi connectivity index (χ4v) is 3.75. The molecule has 1 saturated heterocycles. The van der Waals surface area contributed by atoms with E-state index in [0.717, 1.165) is 29.5 Å². The number of hydrogen-bond donors (Lipinski definition) is 0. The second-order valence-corrected chi connectivity index (χ2v) is 6.81. The molecule has 0 spiro atoms. The van der Waals surface area contributed by atoms with Gasteiger partial charge in [0.2, 0.25) is 0 Å². The highest BCUT2D eigenvalue weighted by Crippen LogP contribution is 2.25. The van der Waals surface area contributed by atoms with E-state index in [1.54, 1.807) is 34.6 Å². The Morgan fingerprint density at radius 1 is 1.20 bits per heavy atom. The van der Waals surface area contributed by atoms with Crippen molar-refractivity contribution >= 4 is 23.1 Å².